The highest BCUT2D eigenvalue weighted by Gasteiger charge is 2.12. The van der Waals surface area contributed by atoms with Gasteiger partial charge in [-0.15, -0.1) is 0 Å². The summed E-state index contributed by atoms with van der Waals surface area (Å²) in [6.07, 6.45) is 2.43. The maximum atomic E-state index is 12.2. The number of H-pyrrole nitrogens is 1. The Kier molecular flexibility index (Phi) is 5.71. The minimum atomic E-state index is -0.0935. The van der Waals surface area contributed by atoms with Gasteiger partial charge in [-0.05, 0) is 44.7 Å². The quantitative estimate of drug-likeness (QED) is 0.649. The number of aryl methyl sites for hydroxylation is 1. The first-order valence-corrected chi connectivity index (χ1v) is 8.64. The van der Waals surface area contributed by atoms with E-state index in [0.717, 1.165) is 11.3 Å². The van der Waals surface area contributed by atoms with Gasteiger partial charge in [0.25, 0.3) is 5.56 Å². The monoisotopic (exact) mass is 334 g/mol. The van der Waals surface area contributed by atoms with E-state index in [1.807, 2.05) is 45.2 Å². The molecule has 0 saturated carbocycles. The van der Waals surface area contributed by atoms with Crippen LogP contribution in [0.4, 0.5) is 0 Å². The second-order valence-corrected chi connectivity index (χ2v) is 6.26. The molecule has 0 spiro atoms. The molecule has 1 N–H and O–H groups in total. The number of hydrogen-bond acceptors (Lipinski definition) is 5. The number of aromatic amines is 1. The van der Waals surface area contributed by atoms with Gasteiger partial charge < -0.3 is 14.5 Å². The van der Waals surface area contributed by atoms with Crippen LogP contribution in [0, 0.1) is 6.92 Å². The highest BCUT2D eigenvalue weighted by Crippen LogP contribution is 2.29. The van der Waals surface area contributed by atoms with E-state index in [9.17, 15) is 4.79 Å². The summed E-state index contributed by atoms with van der Waals surface area (Å²) in [6.45, 7) is 5.79. The summed E-state index contributed by atoms with van der Waals surface area (Å²) in [5.74, 6) is 1.37. The van der Waals surface area contributed by atoms with E-state index in [2.05, 4.69) is 9.97 Å². The van der Waals surface area contributed by atoms with Crippen molar-refractivity contribution in [1.29, 1.82) is 0 Å². The normalized spacial score (nSPS) is 10.9. The number of methoxy groups -OCH3 is 1. The van der Waals surface area contributed by atoms with E-state index in [1.165, 1.54) is 11.8 Å². The first-order valence-electron chi connectivity index (χ1n) is 7.42. The second kappa shape index (κ2) is 7.55. The topological polar surface area (TPSA) is 64.2 Å². The van der Waals surface area contributed by atoms with E-state index < -0.39 is 0 Å². The lowest BCUT2D eigenvalue weighted by molar-refractivity contribution is 0.230. The fraction of sp³-hybridized carbons (Fsp3) is 0.412. The molecule has 23 heavy (non-hydrogen) atoms. The SMILES string of the molecule is COc1ccc(Cc2c(C)nc(SC)[nH]c2=O)cc1OC(C)C. The minimum Gasteiger partial charge on any atom is -0.493 e. The largest absolute Gasteiger partial charge is 0.493 e. The fourth-order valence-corrected chi connectivity index (χ4v) is 2.69. The lowest BCUT2D eigenvalue weighted by Gasteiger charge is -2.15. The Balaban J connectivity index is 2.35. The van der Waals surface area contributed by atoms with Crippen LogP contribution >= 0.6 is 11.8 Å². The average Bonchev–Trinajstić information content (AvgIpc) is 2.50. The third-order valence-electron chi connectivity index (χ3n) is 3.37. The Bertz CT molecular complexity index is 741. The van der Waals surface area contributed by atoms with Crippen molar-refractivity contribution in [2.45, 2.75) is 38.5 Å². The number of aromatic nitrogens is 2. The molecule has 0 amide bonds. The van der Waals surface area contributed by atoms with Gasteiger partial charge in [-0.1, -0.05) is 17.8 Å². The van der Waals surface area contributed by atoms with Crippen molar-refractivity contribution in [3.8, 4) is 11.5 Å². The molecule has 0 unspecified atom stereocenters. The van der Waals surface area contributed by atoms with Crippen molar-refractivity contribution < 1.29 is 9.47 Å². The van der Waals surface area contributed by atoms with E-state index in [-0.39, 0.29) is 11.7 Å². The van der Waals surface area contributed by atoms with Crippen molar-refractivity contribution in [2.24, 2.45) is 0 Å². The molecule has 0 atom stereocenters. The van der Waals surface area contributed by atoms with E-state index in [0.29, 0.717) is 28.6 Å². The van der Waals surface area contributed by atoms with Gasteiger partial charge in [-0.2, -0.15) is 0 Å². The van der Waals surface area contributed by atoms with Crippen LogP contribution in [0.2, 0.25) is 0 Å². The van der Waals surface area contributed by atoms with Crippen molar-refractivity contribution in [3.63, 3.8) is 0 Å². The fourth-order valence-electron chi connectivity index (χ4n) is 2.27. The zero-order valence-corrected chi connectivity index (χ0v) is 14.9. The van der Waals surface area contributed by atoms with Gasteiger partial charge in [0.05, 0.1) is 13.2 Å². The lowest BCUT2D eigenvalue weighted by Crippen LogP contribution is -2.17. The molecule has 0 fully saturated rings. The molecule has 2 rings (SSSR count). The Hall–Kier alpha value is -1.95. The molecule has 6 heteroatoms. The molecular weight excluding hydrogens is 312 g/mol. The molecule has 0 radical (unpaired) electrons. The highest BCUT2D eigenvalue weighted by atomic mass is 32.2. The van der Waals surface area contributed by atoms with E-state index >= 15 is 0 Å². The predicted octanol–water partition coefficient (Wildman–Crippen LogP) is 3.19. The maximum Gasteiger partial charge on any atom is 0.255 e. The first kappa shape index (κ1) is 17.4. The summed E-state index contributed by atoms with van der Waals surface area (Å²) in [5, 5.41) is 0.634. The maximum absolute atomic E-state index is 12.2. The van der Waals surface area contributed by atoms with Crippen LogP contribution in [0.25, 0.3) is 0 Å². The number of rotatable bonds is 6. The Labute approximate surface area is 140 Å². The molecule has 0 aliphatic heterocycles. The van der Waals surface area contributed by atoms with Crippen LogP contribution < -0.4 is 15.0 Å². The summed E-state index contributed by atoms with van der Waals surface area (Å²) in [4.78, 5) is 19.4. The Morgan fingerprint density at radius 2 is 2.04 bits per heavy atom. The van der Waals surface area contributed by atoms with Crippen molar-refractivity contribution in [3.05, 3.63) is 45.4 Å². The molecule has 1 aromatic carbocycles. The van der Waals surface area contributed by atoms with Gasteiger partial charge in [-0.25, -0.2) is 4.98 Å². The smallest absolute Gasteiger partial charge is 0.255 e. The second-order valence-electron chi connectivity index (χ2n) is 5.47. The van der Waals surface area contributed by atoms with Crippen LogP contribution in [-0.2, 0) is 6.42 Å². The van der Waals surface area contributed by atoms with Crippen LogP contribution in [0.15, 0.2) is 28.2 Å². The highest BCUT2D eigenvalue weighted by molar-refractivity contribution is 7.98. The third kappa shape index (κ3) is 4.28. The van der Waals surface area contributed by atoms with Gasteiger partial charge in [0, 0.05) is 17.7 Å². The zero-order chi connectivity index (χ0) is 17.0. The Morgan fingerprint density at radius 3 is 2.61 bits per heavy atom. The molecule has 0 aliphatic carbocycles. The van der Waals surface area contributed by atoms with Gasteiger partial charge in [-0.3, -0.25) is 4.79 Å². The lowest BCUT2D eigenvalue weighted by atomic mass is 10.0. The van der Waals surface area contributed by atoms with Crippen LogP contribution in [0.1, 0.15) is 30.7 Å². The standard InChI is InChI=1S/C17H22N2O3S/c1-10(2)22-15-9-12(6-7-14(15)21-4)8-13-11(3)18-17(23-5)19-16(13)20/h6-7,9-10H,8H2,1-5H3,(H,18,19,20). The van der Waals surface area contributed by atoms with Crippen molar-refractivity contribution in [2.75, 3.05) is 13.4 Å². The zero-order valence-electron chi connectivity index (χ0n) is 14.1. The van der Waals surface area contributed by atoms with Crippen LogP contribution in [-0.4, -0.2) is 29.4 Å². The molecule has 1 heterocycles. The molecule has 2 aromatic rings. The van der Waals surface area contributed by atoms with Crippen LogP contribution in [0.5, 0.6) is 11.5 Å². The molecular formula is C17H22N2O3S. The van der Waals surface area contributed by atoms with Crippen molar-refractivity contribution in [1.82, 2.24) is 9.97 Å². The number of nitrogens with one attached hydrogen (secondary N) is 1. The summed E-state index contributed by atoms with van der Waals surface area (Å²) in [7, 11) is 1.61. The summed E-state index contributed by atoms with van der Waals surface area (Å²) in [5.41, 5.74) is 2.31. The van der Waals surface area contributed by atoms with Gasteiger partial charge in [0.2, 0.25) is 0 Å². The van der Waals surface area contributed by atoms with Crippen LogP contribution in [0.3, 0.4) is 0 Å². The van der Waals surface area contributed by atoms with E-state index in [1.54, 1.807) is 7.11 Å². The first-order chi connectivity index (χ1) is 10.9. The number of benzene rings is 1. The van der Waals surface area contributed by atoms with Gasteiger partial charge >= 0.3 is 0 Å². The molecule has 124 valence electrons. The summed E-state index contributed by atoms with van der Waals surface area (Å²) < 4.78 is 11.1. The molecule has 1 aromatic heterocycles. The van der Waals surface area contributed by atoms with Crippen molar-refractivity contribution >= 4 is 11.8 Å². The molecule has 0 bridgehead atoms. The predicted molar refractivity (Wildman–Crippen MR) is 92.9 cm³/mol. The number of hydrogen-bond donors (Lipinski definition) is 1. The Morgan fingerprint density at radius 1 is 1.30 bits per heavy atom. The van der Waals surface area contributed by atoms with Gasteiger partial charge in [0.15, 0.2) is 16.7 Å². The molecule has 0 saturated heterocycles. The number of ether oxygens (including phenoxy) is 2. The third-order valence-corrected chi connectivity index (χ3v) is 3.95. The minimum absolute atomic E-state index is 0.0480. The number of thioether (sulfide) groups is 1. The molecule has 5 nitrogen and oxygen atoms in total. The summed E-state index contributed by atoms with van der Waals surface area (Å²) >= 11 is 1.42. The summed E-state index contributed by atoms with van der Waals surface area (Å²) in [6, 6.07) is 5.72. The average molecular weight is 334 g/mol. The number of nitrogens with zero attached hydrogens (tertiary/aromatic N) is 1. The van der Waals surface area contributed by atoms with E-state index in [4.69, 9.17) is 9.47 Å². The molecule has 0 aliphatic rings. The van der Waals surface area contributed by atoms with Gasteiger partial charge in [0.1, 0.15) is 0 Å².